The molecule has 0 aromatic heterocycles. The second-order valence-corrected chi connectivity index (χ2v) is 7.73. The number of guanidine groups is 1. The first-order valence-electron chi connectivity index (χ1n) is 10.8. The van der Waals surface area contributed by atoms with E-state index in [-0.39, 0.29) is 5.54 Å². The zero-order chi connectivity index (χ0) is 20.5. The second kappa shape index (κ2) is 10.7. The van der Waals surface area contributed by atoms with Gasteiger partial charge < -0.3 is 24.8 Å². The van der Waals surface area contributed by atoms with E-state index in [9.17, 15) is 0 Å². The molecule has 0 radical (unpaired) electrons. The van der Waals surface area contributed by atoms with E-state index in [1.54, 1.807) is 7.11 Å². The first-order valence-corrected chi connectivity index (χ1v) is 10.8. The van der Waals surface area contributed by atoms with Crippen molar-refractivity contribution in [1.29, 1.82) is 0 Å². The Morgan fingerprint density at radius 1 is 1.17 bits per heavy atom. The average Bonchev–Trinajstić information content (AvgIpc) is 2.79. The number of ether oxygens (including phenoxy) is 3. The largest absolute Gasteiger partial charge is 0.493 e. The molecular weight excluding hydrogens is 368 g/mol. The van der Waals surface area contributed by atoms with Crippen LogP contribution in [0.3, 0.4) is 0 Å². The van der Waals surface area contributed by atoms with Crippen LogP contribution in [0.1, 0.15) is 39.0 Å². The van der Waals surface area contributed by atoms with Crippen LogP contribution in [-0.2, 0) is 4.74 Å². The van der Waals surface area contributed by atoms with Crippen LogP contribution in [0.5, 0.6) is 11.5 Å². The Labute approximate surface area is 174 Å². The SMILES string of the molecule is CCOc1ccc(NC(=NC)NCC2(N3CCOCC3)CCCCC2)cc1OC. The van der Waals surface area contributed by atoms with Gasteiger partial charge in [0.1, 0.15) is 0 Å². The van der Waals surface area contributed by atoms with Crippen molar-refractivity contribution in [1.82, 2.24) is 10.2 Å². The van der Waals surface area contributed by atoms with E-state index in [2.05, 4.69) is 20.5 Å². The number of aliphatic imine (C=N–C) groups is 1. The van der Waals surface area contributed by atoms with Crippen molar-refractivity contribution in [2.45, 2.75) is 44.6 Å². The highest BCUT2D eigenvalue weighted by Crippen LogP contribution is 2.34. The Hall–Kier alpha value is -1.99. The molecule has 1 heterocycles. The van der Waals surface area contributed by atoms with E-state index in [4.69, 9.17) is 14.2 Å². The van der Waals surface area contributed by atoms with Crippen molar-refractivity contribution in [3.8, 4) is 11.5 Å². The van der Waals surface area contributed by atoms with Gasteiger partial charge in [-0.15, -0.1) is 0 Å². The summed E-state index contributed by atoms with van der Waals surface area (Å²) in [5.41, 5.74) is 1.11. The zero-order valence-electron chi connectivity index (χ0n) is 18.1. The normalized spacial score (nSPS) is 20.2. The molecule has 7 heteroatoms. The molecule has 0 amide bonds. The molecule has 1 aliphatic carbocycles. The predicted octanol–water partition coefficient (Wildman–Crippen LogP) is 3.12. The molecule has 2 aliphatic rings. The Morgan fingerprint density at radius 3 is 2.59 bits per heavy atom. The summed E-state index contributed by atoms with van der Waals surface area (Å²) in [6, 6.07) is 5.85. The Morgan fingerprint density at radius 2 is 1.93 bits per heavy atom. The third kappa shape index (κ3) is 5.54. The third-order valence-corrected chi connectivity index (χ3v) is 6.00. The summed E-state index contributed by atoms with van der Waals surface area (Å²) in [7, 11) is 3.47. The van der Waals surface area contributed by atoms with E-state index in [0.717, 1.165) is 50.2 Å². The monoisotopic (exact) mass is 404 g/mol. The highest BCUT2D eigenvalue weighted by molar-refractivity contribution is 5.93. The van der Waals surface area contributed by atoms with E-state index in [0.29, 0.717) is 12.4 Å². The molecule has 1 aromatic carbocycles. The minimum atomic E-state index is 0.191. The fraction of sp³-hybridized carbons (Fsp3) is 0.682. The van der Waals surface area contributed by atoms with E-state index < -0.39 is 0 Å². The number of rotatable bonds is 7. The van der Waals surface area contributed by atoms with Crippen molar-refractivity contribution in [3.05, 3.63) is 18.2 Å². The topological polar surface area (TPSA) is 67.4 Å². The standard InChI is InChI=1S/C22H36N4O3/c1-4-29-19-9-8-18(16-20(19)27-3)25-21(23-2)24-17-22(10-6-5-7-11-22)26-12-14-28-15-13-26/h8-9,16H,4-7,10-15,17H2,1-3H3,(H2,23,24,25). The van der Waals surface area contributed by atoms with Gasteiger partial charge in [0.25, 0.3) is 0 Å². The van der Waals surface area contributed by atoms with Gasteiger partial charge in [-0.3, -0.25) is 9.89 Å². The number of anilines is 1. The lowest BCUT2D eigenvalue weighted by Crippen LogP contribution is -2.60. The van der Waals surface area contributed by atoms with Gasteiger partial charge in [0.15, 0.2) is 17.5 Å². The Bertz CT molecular complexity index is 668. The molecule has 2 N–H and O–H groups in total. The Kier molecular flexibility index (Phi) is 8.00. The maximum Gasteiger partial charge on any atom is 0.195 e. The number of nitrogens with zero attached hydrogens (tertiary/aromatic N) is 2. The predicted molar refractivity (Wildman–Crippen MR) is 117 cm³/mol. The lowest BCUT2D eigenvalue weighted by atomic mass is 9.80. The van der Waals surface area contributed by atoms with Crippen molar-refractivity contribution >= 4 is 11.6 Å². The number of benzene rings is 1. The van der Waals surface area contributed by atoms with Gasteiger partial charge in [0.2, 0.25) is 0 Å². The molecule has 1 saturated carbocycles. The van der Waals surface area contributed by atoms with Crippen LogP contribution in [0.15, 0.2) is 23.2 Å². The van der Waals surface area contributed by atoms with Gasteiger partial charge in [-0.25, -0.2) is 0 Å². The van der Waals surface area contributed by atoms with Crippen LogP contribution < -0.4 is 20.1 Å². The second-order valence-electron chi connectivity index (χ2n) is 7.73. The van der Waals surface area contributed by atoms with Crippen LogP contribution in [-0.4, -0.2) is 70.0 Å². The minimum absolute atomic E-state index is 0.191. The van der Waals surface area contributed by atoms with Gasteiger partial charge >= 0.3 is 0 Å². The molecule has 0 bridgehead atoms. The lowest BCUT2D eigenvalue weighted by molar-refractivity contribution is -0.0352. The summed E-state index contributed by atoms with van der Waals surface area (Å²) in [4.78, 5) is 7.07. The summed E-state index contributed by atoms with van der Waals surface area (Å²) in [6.07, 6.45) is 6.38. The number of nitrogens with one attached hydrogen (secondary N) is 2. The summed E-state index contributed by atoms with van der Waals surface area (Å²) < 4.78 is 16.7. The highest BCUT2D eigenvalue weighted by atomic mass is 16.5. The van der Waals surface area contributed by atoms with Gasteiger partial charge in [0, 0.05) is 44.0 Å². The summed E-state index contributed by atoms with van der Waals surface area (Å²) in [6.45, 7) is 7.17. The van der Waals surface area contributed by atoms with Crippen LogP contribution in [0.2, 0.25) is 0 Å². The quantitative estimate of drug-likeness (QED) is 0.538. The van der Waals surface area contributed by atoms with Crippen LogP contribution >= 0.6 is 0 Å². The molecule has 0 spiro atoms. The Balaban J connectivity index is 1.65. The first kappa shape index (κ1) is 21.7. The highest BCUT2D eigenvalue weighted by Gasteiger charge is 2.38. The maximum absolute atomic E-state index is 5.61. The van der Waals surface area contributed by atoms with Crippen molar-refractivity contribution in [3.63, 3.8) is 0 Å². The first-order chi connectivity index (χ1) is 14.2. The zero-order valence-corrected chi connectivity index (χ0v) is 18.1. The van der Waals surface area contributed by atoms with Crippen LogP contribution in [0, 0.1) is 0 Å². The summed E-state index contributed by atoms with van der Waals surface area (Å²) >= 11 is 0. The van der Waals surface area contributed by atoms with Crippen LogP contribution in [0.4, 0.5) is 5.69 Å². The molecule has 7 nitrogen and oxygen atoms in total. The maximum atomic E-state index is 5.61. The molecule has 1 saturated heterocycles. The average molecular weight is 405 g/mol. The molecule has 0 unspecified atom stereocenters. The lowest BCUT2D eigenvalue weighted by Gasteiger charge is -2.48. The van der Waals surface area contributed by atoms with Gasteiger partial charge in [-0.05, 0) is 31.9 Å². The van der Waals surface area contributed by atoms with Crippen molar-refractivity contribution < 1.29 is 14.2 Å². The molecule has 0 atom stereocenters. The van der Waals surface area contributed by atoms with E-state index in [1.807, 2.05) is 32.2 Å². The fourth-order valence-corrected chi connectivity index (χ4v) is 4.44. The fourth-order valence-electron chi connectivity index (χ4n) is 4.44. The van der Waals surface area contributed by atoms with Crippen LogP contribution in [0.25, 0.3) is 0 Å². The van der Waals surface area contributed by atoms with E-state index >= 15 is 0 Å². The molecule has 3 rings (SSSR count). The molecule has 2 fully saturated rings. The number of hydrogen-bond donors (Lipinski definition) is 2. The smallest absolute Gasteiger partial charge is 0.195 e. The van der Waals surface area contributed by atoms with Gasteiger partial charge in [-0.2, -0.15) is 0 Å². The molecule has 1 aliphatic heterocycles. The van der Waals surface area contributed by atoms with E-state index in [1.165, 1.54) is 32.1 Å². The molecule has 1 aromatic rings. The van der Waals surface area contributed by atoms with Gasteiger partial charge in [0.05, 0.1) is 26.9 Å². The number of morpholine rings is 1. The molecule has 29 heavy (non-hydrogen) atoms. The molecule has 162 valence electrons. The van der Waals surface area contributed by atoms with Crippen molar-refractivity contribution in [2.24, 2.45) is 4.99 Å². The number of hydrogen-bond acceptors (Lipinski definition) is 5. The number of methoxy groups -OCH3 is 1. The minimum Gasteiger partial charge on any atom is -0.493 e. The summed E-state index contributed by atoms with van der Waals surface area (Å²) in [5.74, 6) is 2.23. The van der Waals surface area contributed by atoms with Crippen molar-refractivity contribution in [2.75, 3.05) is 58.9 Å². The molecular formula is C22H36N4O3. The third-order valence-electron chi connectivity index (χ3n) is 6.00. The van der Waals surface area contributed by atoms with Gasteiger partial charge in [-0.1, -0.05) is 19.3 Å². The summed E-state index contributed by atoms with van der Waals surface area (Å²) in [5, 5.41) is 6.98.